The summed E-state index contributed by atoms with van der Waals surface area (Å²) in [6, 6.07) is 11.0. The van der Waals surface area contributed by atoms with E-state index in [1.165, 1.54) is 18.9 Å². The van der Waals surface area contributed by atoms with Gasteiger partial charge in [-0.05, 0) is 44.0 Å². The number of thioether (sulfide) groups is 1. The number of methoxy groups -OCH3 is 1. The number of benzene rings is 1. The van der Waals surface area contributed by atoms with Gasteiger partial charge in [-0.2, -0.15) is 0 Å². The van der Waals surface area contributed by atoms with E-state index in [-0.39, 0.29) is 22.6 Å². The third kappa shape index (κ3) is 3.46. The van der Waals surface area contributed by atoms with Gasteiger partial charge in [0.05, 0.1) is 23.3 Å². The Morgan fingerprint density at radius 2 is 2.00 bits per heavy atom. The number of carbonyl (C=O) groups is 1. The second kappa shape index (κ2) is 7.83. The zero-order valence-corrected chi connectivity index (χ0v) is 16.7. The number of ether oxygens (including phenoxy) is 1. The summed E-state index contributed by atoms with van der Waals surface area (Å²) in [6.07, 6.45) is 4.25. The molecule has 2 heterocycles. The van der Waals surface area contributed by atoms with Crippen molar-refractivity contribution in [3.8, 4) is 0 Å². The van der Waals surface area contributed by atoms with Gasteiger partial charge in [0.15, 0.2) is 5.16 Å². The first-order valence-corrected chi connectivity index (χ1v) is 10.3. The van der Waals surface area contributed by atoms with Crippen molar-refractivity contribution in [2.45, 2.75) is 49.1 Å². The van der Waals surface area contributed by atoms with Gasteiger partial charge in [0, 0.05) is 6.04 Å². The largest absolute Gasteiger partial charge is 0.463 e. The lowest BCUT2D eigenvalue weighted by molar-refractivity contribution is 0.0563. The fourth-order valence-corrected chi connectivity index (χ4v) is 4.75. The third-order valence-corrected chi connectivity index (χ3v) is 6.25. The molecule has 6 nitrogen and oxygen atoms in total. The van der Waals surface area contributed by atoms with E-state index in [0.29, 0.717) is 21.8 Å². The van der Waals surface area contributed by atoms with E-state index in [2.05, 4.69) is 0 Å². The molecule has 146 valence electrons. The Balaban J connectivity index is 1.72. The summed E-state index contributed by atoms with van der Waals surface area (Å²) < 4.78 is 12.2. The van der Waals surface area contributed by atoms with Crippen LogP contribution in [0.5, 0.6) is 0 Å². The van der Waals surface area contributed by atoms with Crippen LogP contribution in [0.15, 0.2) is 50.8 Å². The van der Waals surface area contributed by atoms with Gasteiger partial charge in [-0.1, -0.05) is 36.7 Å². The first-order valence-electron chi connectivity index (χ1n) is 9.44. The van der Waals surface area contributed by atoms with Crippen LogP contribution in [0.25, 0.3) is 10.9 Å². The number of nitrogens with zero attached hydrogens (tertiary/aromatic N) is 2. The zero-order valence-electron chi connectivity index (χ0n) is 15.9. The Bertz CT molecular complexity index is 1070. The highest BCUT2D eigenvalue weighted by Crippen LogP contribution is 2.38. The predicted octanol–water partition coefficient (Wildman–Crippen LogP) is 4.74. The van der Waals surface area contributed by atoms with Crippen LogP contribution in [-0.2, 0) is 4.74 Å². The van der Waals surface area contributed by atoms with E-state index in [9.17, 15) is 9.59 Å². The fourth-order valence-electron chi connectivity index (χ4n) is 3.69. The van der Waals surface area contributed by atoms with Gasteiger partial charge in [-0.3, -0.25) is 9.36 Å². The van der Waals surface area contributed by atoms with Crippen LogP contribution in [0.2, 0.25) is 0 Å². The quantitative estimate of drug-likeness (QED) is 0.351. The first-order chi connectivity index (χ1) is 13.6. The molecule has 0 N–H and O–H groups in total. The Kier molecular flexibility index (Phi) is 5.26. The van der Waals surface area contributed by atoms with Crippen LogP contribution in [0, 0.1) is 0 Å². The minimum atomic E-state index is -0.504. The van der Waals surface area contributed by atoms with Crippen molar-refractivity contribution >= 4 is 28.6 Å². The van der Waals surface area contributed by atoms with Crippen LogP contribution >= 0.6 is 11.8 Å². The van der Waals surface area contributed by atoms with Crippen molar-refractivity contribution in [1.29, 1.82) is 0 Å². The van der Waals surface area contributed by atoms with Crippen LogP contribution in [0.1, 0.15) is 60.2 Å². The number of rotatable bonds is 5. The van der Waals surface area contributed by atoms with Crippen molar-refractivity contribution in [3.05, 3.63) is 58.3 Å². The molecule has 1 atom stereocenters. The number of furan rings is 1. The average molecular weight is 398 g/mol. The van der Waals surface area contributed by atoms with Crippen molar-refractivity contribution in [3.63, 3.8) is 0 Å². The number of para-hydroxylation sites is 1. The standard InChI is InChI=1S/C21H22N2O4S/c1-13(17-11-12-18(27-17)20(25)26-2)28-21-22-16-10-6-5-9-15(16)19(24)23(21)14-7-3-4-8-14/h5-6,9-14H,3-4,7-8H2,1-2H3. The molecular formula is C21H22N2O4S. The molecule has 0 radical (unpaired) electrons. The molecule has 0 amide bonds. The summed E-state index contributed by atoms with van der Waals surface area (Å²) in [5.41, 5.74) is 0.716. The van der Waals surface area contributed by atoms with Gasteiger partial charge in [-0.15, -0.1) is 0 Å². The van der Waals surface area contributed by atoms with E-state index < -0.39 is 5.97 Å². The molecule has 0 saturated heterocycles. The number of carbonyl (C=O) groups excluding carboxylic acids is 1. The highest BCUT2D eigenvalue weighted by molar-refractivity contribution is 7.99. The minimum absolute atomic E-state index is 0.0156. The van der Waals surface area contributed by atoms with E-state index in [4.69, 9.17) is 14.1 Å². The lowest BCUT2D eigenvalue weighted by Crippen LogP contribution is -2.26. The second-order valence-electron chi connectivity index (χ2n) is 6.98. The maximum atomic E-state index is 13.2. The normalized spacial score (nSPS) is 15.8. The fraction of sp³-hybridized carbons (Fsp3) is 0.381. The van der Waals surface area contributed by atoms with Gasteiger partial charge < -0.3 is 9.15 Å². The SMILES string of the molecule is COC(=O)c1ccc(C(C)Sc2nc3ccccc3c(=O)n2C2CCCC2)o1. The van der Waals surface area contributed by atoms with Gasteiger partial charge in [0.25, 0.3) is 5.56 Å². The van der Waals surface area contributed by atoms with E-state index in [1.807, 2.05) is 35.8 Å². The van der Waals surface area contributed by atoms with Crippen molar-refractivity contribution in [1.82, 2.24) is 9.55 Å². The highest BCUT2D eigenvalue weighted by Gasteiger charge is 2.25. The van der Waals surface area contributed by atoms with Gasteiger partial charge >= 0.3 is 5.97 Å². The molecule has 1 aliphatic carbocycles. The van der Waals surface area contributed by atoms with Gasteiger partial charge in [-0.25, -0.2) is 9.78 Å². The molecule has 28 heavy (non-hydrogen) atoms. The first kappa shape index (κ1) is 18.8. The number of esters is 1. The summed E-state index contributed by atoms with van der Waals surface area (Å²) >= 11 is 1.48. The van der Waals surface area contributed by atoms with Crippen LogP contribution in [-0.4, -0.2) is 22.6 Å². The predicted molar refractivity (Wildman–Crippen MR) is 108 cm³/mol. The van der Waals surface area contributed by atoms with Crippen LogP contribution in [0.3, 0.4) is 0 Å². The number of aromatic nitrogens is 2. The van der Waals surface area contributed by atoms with E-state index in [0.717, 1.165) is 25.7 Å². The molecule has 1 unspecified atom stereocenters. The Hall–Kier alpha value is -2.54. The van der Waals surface area contributed by atoms with Crippen LogP contribution < -0.4 is 5.56 Å². The second-order valence-corrected chi connectivity index (χ2v) is 8.29. The summed E-state index contributed by atoms with van der Waals surface area (Å²) in [5.74, 6) is 0.311. The van der Waals surface area contributed by atoms with E-state index >= 15 is 0 Å². The summed E-state index contributed by atoms with van der Waals surface area (Å²) in [4.78, 5) is 29.7. The molecular weight excluding hydrogens is 376 g/mol. The third-order valence-electron chi connectivity index (χ3n) is 5.16. The molecule has 0 bridgehead atoms. The maximum Gasteiger partial charge on any atom is 0.373 e. The lowest BCUT2D eigenvalue weighted by atomic mass is 10.2. The molecule has 1 fully saturated rings. The van der Waals surface area contributed by atoms with Crippen LogP contribution in [0.4, 0.5) is 0 Å². The lowest BCUT2D eigenvalue weighted by Gasteiger charge is -2.20. The van der Waals surface area contributed by atoms with Gasteiger partial charge in [0.1, 0.15) is 5.76 Å². The zero-order chi connectivity index (χ0) is 19.7. The molecule has 1 aliphatic rings. The highest BCUT2D eigenvalue weighted by atomic mass is 32.2. The number of hydrogen-bond acceptors (Lipinski definition) is 6. The maximum absolute atomic E-state index is 13.2. The summed E-state index contributed by atoms with van der Waals surface area (Å²) in [6.45, 7) is 1.98. The van der Waals surface area contributed by atoms with E-state index in [1.54, 1.807) is 12.1 Å². The van der Waals surface area contributed by atoms with Gasteiger partial charge in [0.2, 0.25) is 5.76 Å². The average Bonchev–Trinajstić information content (AvgIpc) is 3.40. The molecule has 7 heteroatoms. The molecule has 1 aromatic carbocycles. The Labute approximate surface area is 166 Å². The molecule has 0 spiro atoms. The minimum Gasteiger partial charge on any atom is -0.463 e. The number of fused-ring (bicyclic) bond motifs is 1. The van der Waals surface area contributed by atoms with Crippen molar-refractivity contribution < 1.29 is 13.9 Å². The van der Waals surface area contributed by atoms with Crippen molar-refractivity contribution in [2.24, 2.45) is 0 Å². The number of hydrogen-bond donors (Lipinski definition) is 0. The molecule has 3 aromatic rings. The Morgan fingerprint density at radius 1 is 1.25 bits per heavy atom. The molecule has 2 aromatic heterocycles. The topological polar surface area (TPSA) is 74.3 Å². The Morgan fingerprint density at radius 3 is 2.75 bits per heavy atom. The molecule has 1 saturated carbocycles. The summed E-state index contributed by atoms with van der Waals surface area (Å²) in [5, 5.41) is 1.23. The summed E-state index contributed by atoms with van der Waals surface area (Å²) in [7, 11) is 1.32. The monoisotopic (exact) mass is 398 g/mol. The smallest absolute Gasteiger partial charge is 0.373 e. The van der Waals surface area contributed by atoms with Crippen molar-refractivity contribution in [2.75, 3.05) is 7.11 Å². The molecule has 0 aliphatic heterocycles. The molecule has 4 rings (SSSR count).